The summed E-state index contributed by atoms with van der Waals surface area (Å²) in [7, 11) is 0. The molecule has 0 radical (unpaired) electrons. The van der Waals surface area contributed by atoms with E-state index in [1.54, 1.807) is 0 Å². The van der Waals surface area contributed by atoms with Crippen LogP contribution >= 0.6 is 0 Å². The molecule has 2 aromatic rings. The molecule has 130 valence electrons. The average Bonchev–Trinajstić information content (AvgIpc) is 2.61. The highest BCUT2D eigenvalue weighted by molar-refractivity contribution is 5.99. The van der Waals surface area contributed by atoms with Crippen LogP contribution in [0.4, 0.5) is 5.69 Å². The minimum absolute atomic E-state index is 0.114. The van der Waals surface area contributed by atoms with Gasteiger partial charge < -0.3 is 5.11 Å². The summed E-state index contributed by atoms with van der Waals surface area (Å²) < 4.78 is 1.42. The van der Waals surface area contributed by atoms with Gasteiger partial charge in [-0.2, -0.15) is 5.10 Å². The first-order chi connectivity index (χ1) is 12.0. The first-order valence-corrected chi connectivity index (χ1v) is 8.28. The van der Waals surface area contributed by atoms with Crippen molar-refractivity contribution in [3.05, 3.63) is 57.8 Å². The number of hydrazone groups is 1. The van der Waals surface area contributed by atoms with Crippen molar-refractivity contribution in [1.29, 1.82) is 0 Å². The number of nitrogens with zero attached hydrogens (tertiary/aromatic N) is 3. The SMILES string of the molecule is CCc1ccc(N/N=C2\CCC(C)n3c2ncc(C(=O)O)c3=O)cc1. The Balaban J connectivity index is 1.94. The third kappa shape index (κ3) is 3.31. The number of nitrogens with one attached hydrogen (secondary N) is 1. The molecule has 1 unspecified atom stereocenters. The molecule has 0 spiro atoms. The molecule has 1 aromatic carbocycles. The highest BCUT2D eigenvalue weighted by atomic mass is 16.4. The Bertz CT molecular complexity index is 884. The minimum atomic E-state index is -1.27. The normalized spacial score (nSPS) is 18.0. The fourth-order valence-corrected chi connectivity index (χ4v) is 2.88. The molecule has 0 saturated heterocycles. The van der Waals surface area contributed by atoms with Gasteiger partial charge in [-0.3, -0.25) is 14.8 Å². The molecule has 25 heavy (non-hydrogen) atoms. The molecule has 2 N–H and O–H groups in total. The van der Waals surface area contributed by atoms with E-state index in [0.717, 1.165) is 18.3 Å². The number of anilines is 1. The maximum Gasteiger partial charge on any atom is 0.342 e. The van der Waals surface area contributed by atoms with Gasteiger partial charge in [0.2, 0.25) is 0 Å². The summed E-state index contributed by atoms with van der Waals surface area (Å²) in [6.45, 7) is 3.98. The highest BCUT2D eigenvalue weighted by Gasteiger charge is 2.26. The Morgan fingerprint density at radius 2 is 2.12 bits per heavy atom. The van der Waals surface area contributed by atoms with Crippen LogP contribution < -0.4 is 11.0 Å². The lowest BCUT2D eigenvalue weighted by molar-refractivity contribution is 0.0693. The van der Waals surface area contributed by atoms with Crippen LogP contribution in [0.3, 0.4) is 0 Å². The number of aromatic carboxylic acids is 1. The predicted molar refractivity (Wildman–Crippen MR) is 95.4 cm³/mol. The molecule has 2 heterocycles. The van der Waals surface area contributed by atoms with E-state index < -0.39 is 11.5 Å². The molecule has 0 fully saturated rings. The number of hydrogen-bond acceptors (Lipinski definition) is 5. The zero-order valence-electron chi connectivity index (χ0n) is 14.2. The number of aromatic nitrogens is 2. The average molecular weight is 340 g/mol. The van der Waals surface area contributed by atoms with Gasteiger partial charge in [0.25, 0.3) is 5.56 Å². The van der Waals surface area contributed by atoms with Crippen LogP contribution in [0.1, 0.15) is 54.5 Å². The van der Waals surface area contributed by atoms with Crippen molar-refractivity contribution in [3.63, 3.8) is 0 Å². The van der Waals surface area contributed by atoms with Gasteiger partial charge in [0.05, 0.1) is 5.69 Å². The number of benzene rings is 1. The molecular weight excluding hydrogens is 320 g/mol. The maximum absolute atomic E-state index is 12.4. The van der Waals surface area contributed by atoms with E-state index in [4.69, 9.17) is 5.11 Å². The summed E-state index contributed by atoms with van der Waals surface area (Å²) in [6.07, 6.45) is 3.45. The molecule has 0 amide bonds. The van der Waals surface area contributed by atoms with Gasteiger partial charge in [-0.25, -0.2) is 9.78 Å². The van der Waals surface area contributed by atoms with Gasteiger partial charge in [-0.05, 0) is 43.9 Å². The third-order valence-corrected chi connectivity index (χ3v) is 4.40. The van der Waals surface area contributed by atoms with Gasteiger partial charge in [-0.15, -0.1) is 0 Å². The number of carboxylic acids is 1. The molecule has 1 aliphatic heterocycles. The lowest BCUT2D eigenvalue weighted by Gasteiger charge is -2.25. The number of carboxylic acid groups (broad SMARTS) is 1. The largest absolute Gasteiger partial charge is 0.477 e. The molecule has 7 nitrogen and oxygen atoms in total. The smallest absolute Gasteiger partial charge is 0.342 e. The van der Waals surface area contributed by atoms with Crippen LogP contribution in [-0.4, -0.2) is 26.3 Å². The number of rotatable bonds is 4. The van der Waals surface area contributed by atoms with E-state index >= 15 is 0 Å². The number of hydrogen-bond donors (Lipinski definition) is 2. The summed E-state index contributed by atoms with van der Waals surface area (Å²) in [4.78, 5) is 27.8. The minimum Gasteiger partial charge on any atom is -0.477 e. The van der Waals surface area contributed by atoms with Crippen molar-refractivity contribution in [2.24, 2.45) is 5.10 Å². The Morgan fingerprint density at radius 3 is 2.76 bits per heavy atom. The molecule has 7 heteroatoms. The number of aryl methyl sites for hydroxylation is 1. The molecule has 1 aromatic heterocycles. The monoisotopic (exact) mass is 340 g/mol. The second-order valence-corrected chi connectivity index (χ2v) is 6.08. The van der Waals surface area contributed by atoms with Gasteiger partial charge in [0.15, 0.2) is 5.82 Å². The van der Waals surface area contributed by atoms with Crippen LogP contribution in [0.15, 0.2) is 40.4 Å². The van der Waals surface area contributed by atoms with Crippen LogP contribution in [0.5, 0.6) is 0 Å². The molecule has 0 aliphatic carbocycles. The van der Waals surface area contributed by atoms with E-state index in [1.165, 1.54) is 10.1 Å². The van der Waals surface area contributed by atoms with Crippen molar-refractivity contribution in [1.82, 2.24) is 9.55 Å². The number of carbonyl (C=O) groups is 1. The first kappa shape index (κ1) is 16.9. The van der Waals surface area contributed by atoms with Gasteiger partial charge in [0.1, 0.15) is 11.3 Å². The molecular formula is C18H20N4O3. The molecule has 1 aliphatic rings. The Hall–Kier alpha value is -2.96. The summed E-state index contributed by atoms with van der Waals surface area (Å²) in [5.74, 6) is -0.843. The van der Waals surface area contributed by atoms with Gasteiger partial charge >= 0.3 is 5.97 Å². The zero-order chi connectivity index (χ0) is 18.0. The van der Waals surface area contributed by atoms with Crippen molar-refractivity contribution >= 4 is 17.4 Å². The lowest BCUT2D eigenvalue weighted by atomic mass is 10.0. The van der Waals surface area contributed by atoms with Crippen molar-refractivity contribution in [2.45, 2.75) is 39.2 Å². The Kier molecular flexibility index (Phi) is 4.65. The quantitative estimate of drug-likeness (QED) is 0.834. The maximum atomic E-state index is 12.4. The van der Waals surface area contributed by atoms with Crippen molar-refractivity contribution in [3.8, 4) is 0 Å². The van der Waals surface area contributed by atoms with Gasteiger partial charge in [0, 0.05) is 12.2 Å². The summed E-state index contributed by atoms with van der Waals surface area (Å²) in [5.41, 5.74) is 4.87. The highest BCUT2D eigenvalue weighted by Crippen LogP contribution is 2.22. The second kappa shape index (κ2) is 6.88. The van der Waals surface area contributed by atoms with E-state index in [-0.39, 0.29) is 11.6 Å². The molecule has 1 atom stereocenters. The van der Waals surface area contributed by atoms with Crippen LogP contribution in [-0.2, 0) is 6.42 Å². The standard InChI is InChI=1S/C18H20N4O3/c1-3-12-5-7-13(8-6-12)20-21-15-9-4-11(2)22-16(15)19-10-14(17(22)23)18(24)25/h5-8,10-11,20H,3-4,9H2,1-2H3,(H,24,25)/b21-15+. The Morgan fingerprint density at radius 1 is 1.40 bits per heavy atom. The van der Waals surface area contributed by atoms with Crippen LogP contribution in [0, 0.1) is 0 Å². The van der Waals surface area contributed by atoms with E-state index in [1.807, 2.05) is 31.2 Å². The van der Waals surface area contributed by atoms with E-state index in [9.17, 15) is 9.59 Å². The number of fused-ring (bicyclic) bond motifs is 1. The topological polar surface area (TPSA) is 96.6 Å². The predicted octanol–water partition coefficient (Wildman–Crippen LogP) is 2.67. The fraction of sp³-hybridized carbons (Fsp3) is 0.333. The van der Waals surface area contributed by atoms with Crippen molar-refractivity contribution in [2.75, 3.05) is 5.43 Å². The molecule has 0 bridgehead atoms. The zero-order valence-corrected chi connectivity index (χ0v) is 14.2. The first-order valence-electron chi connectivity index (χ1n) is 8.28. The fourth-order valence-electron chi connectivity index (χ4n) is 2.88. The summed E-state index contributed by atoms with van der Waals surface area (Å²) in [6, 6.07) is 7.84. The molecule has 0 saturated carbocycles. The van der Waals surface area contributed by atoms with Crippen molar-refractivity contribution < 1.29 is 9.90 Å². The molecule has 3 rings (SSSR count). The third-order valence-electron chi connectivity index (χ3n) is 4.40. The van der Waals surface area contributed by atoms with E-state index in [2.05, 4.69) is 22.4 Å². The Labute approximate surface area is 145 Å². The summed E-state index contributed by atoms with van der Waals surface area (Å²) >= 11 is 0. The summed E-state index contributed by atoms with van der Waals surface area (Å²) in [5, 5.41) is 13.5. The van der Waals surface area contributed by atoms with Crippen LogP contribution in [0.2, 0.25) is 0 Å². The van der Waals surface area contributed by atoms with Crippen LogP contribution in [0.25, 0.3) is 0 Å². The van der Waals surface area contributed by atoms with Gasteiger partial charge in [-0.1, -0.05) is 19.1 Å². The van der Waals surface area contributed by atoms with E-state index in [0.29, 0.717) is 24.4 Å². The second-order valence-electron chi connectivity index (χ2n) is 6.08. The lowest BCUT2D eigenvalue weighted by Crippen LogP contribution is -2.37.